The molecular weight excluding hydrogens is 534 g/mol. The van der Waals surface area contributed by atoms with Crippen molar-refractivity contribution in [1.82, 2.24) is 0 Å². The zero-order valence-electron chi connectivity index (χ0n) is 19.8. The third-order valence-corrected chi connectivity index (χ3v) is 7.06. The van der Waals surface area contributed by atoms with E-state index < -0.39 is 17.7 Å². The lowest BCUT2D eigenvalue weighted by Gasteiger charge is -2.26. The number of phenolic OH excluding ortho intramolecular Hbond substituents is 1. The Bertz CT molecular complexity index is 1550. The number of carbonyl (C=O) groups excluding carboxylic acids is 2. The number of halogens is 1. The predicted octanol–water partition coefficient (Wildman–Crippen LogP) is 6.88. The minimum atomic E-state index is -1.00. The number of ketones is 1. The summed E-state index contributed by atoms with van der Waals surface area (Å²) >= 11 is 3.45. The molecular formula is C30H22BrNO5. The van der Waals surface area contributed by atoms with E-state index in [1.807, 2.05) is 37.3 Å². The molecule has 1 amide bonds. The van der Waals surface area contributed by atoms with Gasteiger partial charge >= 0.3 is 0 Å². The zero-order chi connectivity index (χ0) is 26.1. The average molecular weight is 556 g/mol. The van der Waals surface area contributed by atoms with Crippen LogP contribution in [0, 0.1) is 6.92 Å². The van der Waals surface area contributed by atoms with E-state index in [2.05, 4.69) is 15.9 Å². The second-order valence-corrected chi connectivity index (χ2v) is 9.46. The van der Waals surface area contributed by atoms with Gasteiger partial charge in [0.25, 0.3) is 11.7 Å². The number of hydrogen-bond donors (Lipinski definition) is 2. The molecule has 1 saturated heterocycles. The summed E-state index contributed by atoms with van der Waals surface area (Å²) in [6, 6.07) is 26.7. The average Bonchev–Trinajstić information content (AvgIpc) is 3.16. The molecule has 1 aliphatic heterocycles. The number of ether oxygens (including phenoxy) is 1. The molecule has 1 aliphatic rings. The van der Waals surface area contributed by atoms with Gasteiger partial charge in [0.05, 0.1) is 17.3 Å². The molecule has 1 unspecified atom stereocenters. The summed E-state index contributed by atoms with van der Waals surface area (Å²) in [6.45, 7) is 1.86. The van der Waals surface area contributed by atoms with Crippen molar-refractivity contribution < 1.29 is 24.5 Å². The Morgan fingerprint density at radius 2 is 1.57 bits per heavy atom. The maximum absolute atomic E-state index is 13.4. The number of phenols is 1. The summed E-state index contributed by atoms with van der Waals surface area (Å²) in [6.07, 6.45) is 0. The van der Waals surface area contributed by atoms with E-state index in [4.69, 9.17) is 4.74 Å². The van der Waals surface area contributed by atoms with Crippen LogP contribution in [0.5, 0.6) is 17.2 Å². The van der Waals surface area contributed by atoms with Gasteiger partial charge < -0.3 is 14.9 Å². The Kier molecular flexibility index (Phi) is 6.54. The molecule has 4 aromatic carbocycles. The first-order valence-corrected chi connectivity index (χ1v) is 12.3. The molecule has 37 heavy (non-hydrogen) atoms. The minimum Gasteiger partial charge on any atom is -0.507 e. The topological polar surface area (TPSA) is 87.1 Å². The number of rotatable bonds is 5. The Morgan fingerprint density at radius 3 is 2.30 bits per heavy atom. The number of anilines is 1. The highest BCUT2D eigenvalue weighted by Crippen LogP contribution is 2.45. The Labute approximate surface area is 222 Å². The molecule has 0 aliphatic carbocycles. The fourth-order valence-electron chi connectivity index (χ4n) is 4.38. The molecule has 184 valence electrons. The highest BCUT2D eigenvalue weighted by atomic mass is 79.9. The van der Waals surface area contributed by atoms with E-state index in [1.165, 1.54) is 11.0 Å². The normalized spacial score (nSPS) is 16.7. The van der Waals surface area contributed by atoms with Gasteiger partial charge in [0, 0.05) is 10.0 Å². The van der Waals surface area contributed by atoms with Crippen molar-refractivity contribution >= 4 is 39.1 Å². The molecule has 7 heteroatoms. The summed E-state index contributed by atoms with van der Waals surface area (Å²) < 4.78 is 6.83. The smallest absolute Gasteiger partial charge is 0.300 e. The van der Waals surface area contributed by atoms with Crippen LogP contribution in [-0.4, -0.2) is 21.9 Å². The van der Waals surface area contributed by atoms with Gasteiger partial charge in [0.15, 0.2) is 0 Å². The van der Waals surface area contributed by atoms with E-state index in [9.17, 15) is 19.8 Å². The van der Waals surface area contributed by atoms with Crippen molar-refractivity contribution in [3.63, 3.8) is 0 Å². The molecule has 1 heterocycles. The van der Waals surface area contributed by atoms with Crippen LogP contribution in [0.25, 0.3) is 5.76 Å². The molecule has 0 bridgehead atoms. The standard InChI is InChI=1S/C30H22BrNO5/c1-18-16-20(14-15-23(18)31)28(34)26-27(32(30(36)29(26)35)24-12-5-6-13-25(24)33)19-8-7-11-22(17-19)37-21-9-3-2-4-10-21/h2-17,27,33-34H,1H3/b28-26-. The number of aromatic hydroxyl groups is 1. The number of nitrogens with zero attached hydrogens (tertiary/aromatic N) is 1. The van der Waals surface area contributed by atoms with Crippen molar-refractivity contribution in [2.45, 2.75) is 13.0 Å². The highest BCUT2D eigenvalue weighted by molar-refractivity contribution is 9.10. The third kappa shape index (κ3) is 4.61. The largest absolute Gasteiger partial charge is 0.507 e. The molecule has 0 saturated carbocycles. The van der Waals surface area contributed by atoms with E-state index in [-0.39, 0.29) is 22.8 Å². The van der Waals surface area contributed by atoms with Gasteiger partial charge in [0.2, 0.25) is 0 Å². The SMILES string of the molecule is Cc1cc(/C(O)=C2/C(=O)C(=O)N(c3ccccc3O)C2c2cccc(Oc3ccccc3)c2)ccc1Br. The molecule has 0 spiro atoms. The van der Waals surface area contributed by atoms with Gasteiger partial charge in [-0.15, -0.1) is 0 Å². The Balaban J connectivity index is 1.69. The lowest BCUT2D eigenvalue weighted by atomic mass is 9.94. The Hall–Kier alpha value is -4.36. The minimum absolute atomic E-state index is 0.0770. The number of para-hydroxylation sites is 3. The summed E-state index contributed by atoms with van der Waals surface area (Å²) in [7, 11) is 0. The van der Waals surface area contributed by atoms with Crippen LogP contribution >= 0.6 is 15.9 Å². The van der Waals surface area contributed by atoms with E-state index in [0.717, 1.165) is 10.0 Å². The molecule has 0 radical (unpaired) electrons. The maximum atomic E-state index is 13.4. The molecule has 2 N–H and O–H groups in total. The van der Waals surface area contributed by atoms with Crippen molar-refractivity contribution in [3.05, 3.63) is 124 Å². The first kappa shape index (κ1) is 24.3. The maximum Gasteiger partial charge on any atom is 0.300 e. The monoisotopic (exact) mass is 555 g/mol. The van der Waals surface area contributed by atoms with E-state index in [1.54, 1.807) is 60.7 Å². The first-order chi connectivity index (χ1) is 17.8. The van der Waals surface area contributed by atoms with Crippen LogP contribution in [-0.2, 0) is 9.59 Å². The second-order valence-electron chi connectivity index (χ2n) is 8.61. The van der Waals surface area contributed by atoms with Crippen LogP contribution in [0.3, 0.4) is 0 Å². The molecule has 6 nitrogen and oxygen atoms in total. The summed E-state index contributed by atoms with van der Waals surface area (Å²) in [5, 5.41) is 21.9. The lowest BCUT2D eigenvalue weighted by molar-refractivity contribution is -0.132. The number of amides is 1. The van der Waals surface area contributed by atoms with Crippen molar-refractivity contribution in [2.75, 3.05) is 4.90 Å². The predicted molar refractivity (Wildman–Crippen MR) is 145 cm³/mol. The third-order valence-electron chi connectivity index (χ3n) is 6.17. The quantitative estimate of drug-likeness (QED) is 0.159. The molecule has 1 atom stereocenters. The van der Waals surface area contributed by atoms with Crippen LogP contribution in [0.15, 0.2) is 107 Å². The van der Waals surface area contributed by atoms with Gasteiger partial charge in [-0.3, -0.25) is 14.5 Å². The number of aliphatic hydroxyl groups is 1. The summed E-state index contributed by atoms with van der Waals surface area (Å²) in [5.41, 5.74) is 1.87. The fraction of sp³-hybridized carbons (Fsp3) is 0.0667. The van der Waals surface area contributed by atoms with Gasteiger partial charge in [-0.1, -0.05) is 64.5 Å². The number of aryl methyl sites for hydroxylation is 1. The molecule has 0 aromatic heterocycles. The van der Waals surface area contributed by atoms with Crippen molar-refractivity contribution in [2.24, 2.45) is 0 Å². The number of benzene rings is 4. The van der Waals surface area contributed by atoms with Gasteiger partial charge in [-0.2, -0.15) is 0 Å². The molecule has 5 rings (SSSR count). The summed E-state index contributed by atoms with van der Waals surface area (Å²) in [4.78, 5) is 28.0. The van der Waals surface area contributed by atoms with Crippen LogP contribution in [0.1, 0.15) is 22.7 Å². The number of hydrogen-bond acceptors (Lipinski definition) is 5. The van der Waals surface area contributed by atoms with Crippen LogP contribution < -0.4 is 9.64 Å². The van der Waals surface area contributed by atoms with Crippen molar-refractivity contribution in [3.8, 4) is 17.2 Å². The van der Waals surface area contributed by atoms with Crippen molar-refractivity contribution in [1.29, 1.82) is 0 Å². The first-order valence-electron chi connectivity index (χ1n) is 11.5. The highest BCUT2D eigenvalue weighted by Gasteiger charge is 2.47. The molecule has 4 aromatic rings. The van der Waals surface area contributed by atoms with Gasteiger partial charge in [0.1, 0.15) is 23.0 Å². The Morgan fingerprint density at radius 1 is 0.865 bits per heavy atom. The van der Waals surface area contributed by atoms with Crippen LogP contribution in [0.4, 0.5) is 5.69 Å². The molecule has 1 fully saturated rings. The van der Waals surface area contributed by atoms with E-state index >= 15 is 0 Å². The van der Waals surface area contributed by atoms with Gasteiger partial charge in [-0.25, -0.2) is 0 Å². The van der Waals surface area contributed by atoms with Gasteiger partial charge in [-0.05, 0) is 66.6 Å². The van der Waals surface area contributed by atoms with E-state index in [0.29, 0.717) is 22.6 Å². The number of aliphatic hydroxyl groups excluding tert-OH is 1. The lowest BCUT2D eigenvalue weighted by Crippen LogP contribution is -2.29. The summed E-state index contributed by atoms with van der Waals surface area (Å²) in [5.74, 6) is -1.04. The zero-order valence-corrected chi connectivity index (χ0v) is 21.3. The number of carbonyl (C=O) groups is 2. The fourth-order valence-corrected chi connectivity index (χ4v) is 4.63. The van der Waals surface area contributed by atoms with Crippen LogP contribution in [0.2, 0.25) is 0 Å². The number of Topliss-reactive ketones (excluding diaryl/α,β-unsaturated/α-hetero) is 1. The second kappa shape index (κ2) is 9.95.